The molecule has 0 saturated heterocycles. The Balaban J connectivity index is 1.31. The minimum absolute atomic E-state index is 0.388. The molecule has 10 rings (SSSR count). The number of fused-ring (bicyclic) bond motifs is 8. The Hall–Kier alpha value is -6.12. The van der Waals surface area contributed by atoms with Gasteiger partial charge in [0.25, 0.3) is 0 Å². The molecule has 10 aromatic rings. The Morgan fingerprint density at radius 2 is 0.885 bits per heavy atom. The highest BCUT2D eigenvalue weighted by Crippen LogP contribution is 2.48. The molecule has 0 amide bonds. The van der Waals surface area contributed by atoms with E-state index in [1.54, 1.807) is 0 Å². The van der Waals surface area contributed by atoms with E-state index in [-0.39, 0.29) is 0 Å². The van der Waals surface area contributed by atoms with Crippen LogP contribution in [0.15, 0.2) is 144 Å². The Morgan fingerprint density at radius 3 is 1.54 bits per heavy atom. The zero-order valence-corrected chi connectivity index (χ0v) is 29.6. The van der Waals surface area contributed by atoms with E-state index < -0.39 is 0 Å². The third-order valence-corrected chi connectivity index (χ3v) is 11.6. The number of rotatable bonds is 3. The molecule has 0 spiro atoms. The summed E-state index contributed by atoms with van der Waals surface area (Å²) >= 11 is 0. The molecule has 6 heteroatoms. The average Bonchev–Trinajstić information content (AvgIpc) is 3.58. The van der Waals surface area contributed by atoms with Crippen LogP contribution in [0.1, 0.15) is 0 Å². The largest absolute Gasteiger partial charge is 0.509 e. The zero-order chi connectivity index (χ0) is 35.2. The lowest BCUT2D eigenvalue weighted by Gasteiger charge is -2.23. The van der Waals surface area contributed by atoms with E-state index in [1.807, 2.05) is 15.7 Å². The van der Waals surface area contributed by atoms with E-state index in [0.717, 1.165) is 54.9 Å². The second-order valence-corrected chi connectivity index (χ2v) is 14.2. The van der Waals surface area contributed by atoms with Crippen molar-refractivity contribution in [2.24, 2.45) is 0 Å². The molecule has 0 aliphatic carbocycles. The van der Waals surface area contributed by atoms with Crippen molar-refractivity contribution in [3.8, 4) is 39.1 Å². The van der Waals surface area contributed by atoms with Crippen molar-refractivity contribution in [1.29, 1.82) is 0 Å². The highest BCUT2D eigenvalue weighted by molar-refractivity contribution is 6.61. The lowest BCUT2D eigenvalue weighted by molar-refractivity contribution is 0.484. The predicted octanol–water partition coefficient (Wildman–Crippen LogP) is 5.94. The molecule has 0 bridgehead atoms. The Morgan fingerprint density at radius 1 is 0.385 bits per heavy atom. The van der Waals surface area contributed by atoms with Gasteiger partial charge < -0.3 is 9.52 Å². The van der Waals surface area contributed by atoms with Gasteiger partial charge in [0, 0.05) is 16.3 Å². The fourth-order valence-electron chi connectivity index (χ4n) is 8.90. The molecule has 0 aliphatic rings. The monoisotopic (exact) mass is 660 g/mol. The van der Waals surface area contributed by atoms with Crippen LogP contribution < -0.4 is 21.9 Å². The van der Waals surface area contributed by atoms with Crippen molar-refractivity contribution in [2.45, 2.75) is 0 Å². The molecule has 0 aliphatic heterocycles. The number of phenols is 1. The highest BCUT2D eigenvalue weighted by Gasteiger charge is 2.24. The molecule has 52 heavy (non-hydrogen) atoms. The lowest BCUT2D eigenvalue weighted by atomic mass is 9.64. The number of hydrogen-bond acceptors (Lipinski definition) is 2. The van der Waals surface area contributed by atoms with Gasteiger partial charge >= 0.3 is 0 Å². The molecule has 240 valence electrons. The van der Waals surface area contributed by atoms with Crippen molar-refractivity contribution in [1.82, 2.24) is 0 Å². The van der Waals surface area contributed by atoms with Crippen molar-refractivity contribution in [2.75, 3.05) is 0 Å². The van der Waals surface area contributed by atoms with Crippen LogP contribution in [-0.4, -0.2) is 36.5 Å². The van der Waals surface area contributed by atoms with Gasteiger partial charge in [0.15, 0.2) is 0 Å². The lowest BCUT2D eigenvalue weighted by Crippen LogP contribution is -2.42. The van der Waals surface area contributed by atoms with Crippen LogP contribution in [0.25, 0.3) is 98.4 Å². The van der Waals surface area contributed by atoms with Gasteiger partial charge in [-0.25, -0.2) is 0 Å². The summed E-state index contributed by atoms with van der Waals surface area (Å²) in [7, 11) is 8.34. The maximum atomic E-state index is 11.0. The standard InChI is InChI=1S/C46H32B4O2/c47-41-40(42(48)44(50)45(51)43(41)49)39-30-17-7-5-15-28(30)37(29-16-6-8-18-31(29)39)33-20-10-22-36-38(33)34-21-9-19-32(46(34)52-36)35-23-24-11-1-2-12-25(24)26-13-3-4-14-27(26)35/h1-23,51H,47-50H2. The maximum absolute atomic E-state index is 11.0. The first kappa shape index (κ1) is 30.7. The smallest absolute Gasteiger partial charge is 0.143 e. The summed E-state index contributed by atoms with van der Waals surface area (Å²) in [4.78, 5) is 0. The molecule has 0 fully saturated rings. The quantitative estimate of drug-likeness (QED) is 0.145. The van der Waals surface area contributed by atoms with Gasteiger partial charge in [-0.3, -0.25) is 0 Å². The van der Waals surface area contributed by atoms with Gasteiger partial charge in [-0.05, 0) is 83.0 Å². The molecular formula is C46H32B4O2. The van der Waals surface area contributed by atoms with Gasteiger partial charge in [-0.2, -0.15) is 0 Å². The van der Waals surface area contributed by atoms with Gasteiger partial charge in [-0.15, -0.1) is 0 Å². The summed E-state index contributed by atoms with van der Waals surface area (Å²) in [6.45, 7) is 0. The minimum Gasteiger partial charge on any atom is -0.509 e. The van der Waals surface area contributed by atoms with Gasteiger partial charge in [0.1, 0.15) is 48.3 Å². The third-order valence-electron chi connectivity index (χ3n) is 11.6. The van der Waals surface area contributed by atoms with E-state index in [0.29, 0.717) is 5.75 Å². The zero-order valence-electron chi connectivity index (χ0n) is 29.6. The molecule has 0 saturated carbocycles. The molecule has 9 aromatic carbocycles. The molecule has 1 N–H and O–H groups in total. The van der Waals surface area contributed by atoms with E-state index >= 15 is 0 Å². The second-order valence-electron chi connectivity index (χ2n) is 14.2. The fraction of sp³-hybridized carbons (Fsp3) is 0. The van der Waals surface area contributed by atoms with Crippen molar-refractivity contribution in [3.63, 3.8) is 0 Å². The summed E-state index contributed by atoms with van der Waals surface area (Å²) in [6, 6.07) is 50.4. The number of para-hydroxylation sites is 1. The molecule has 2 nitrogen and oxygen atoms in total. The maximum Gasteiger partial charge on any atom is 0.143 e. The second kappa shape index (κ2) is 11.4. The van der Waals surface area contributed by atoms with Crippen LogP contribution in [0.3, 0.4) is 0 Å². The van der Waals surface area contributed by atoms with E-state index in [2.05, 4.69) is 155 Å². The van der Waals surface area contributed by atoms with Crippen LogP contribution in [0.4, 0.5) is 0 Å². The minimum atomic E-state index is 0.388. The van der Waals surface area contributed by atoms with Crippen LogP contribution >= 0.6 is 0 Å². The Kier molecular flexibility index (Phi) is 6.76. The number of benzene rings is 9. The average molecular weight is 660 g/mol. The summed E-state index contributed by atoms with van der Waals surface area (Å²) in [6.07, 6.45) is 0. The van der Waals surface area contributed by atoms with Crippen LogP contribution in [0, 0.1) is 0 Å². The molecular weight excluding hydrogens is 628 g/mol. The summed E-state index contributed by atoms with van der Waals surface area (Å²) in [5.41, 5.74) is 12.9. The first-order valence-electron chi connectivity index (χ1n) is 18.0. The molecule has 0 radical (unpaired) electrons. The van der Waals surface area contributed by atoms with Crippen LogP contribution in [0.2, 0.25) is 0 Å². The van der Waals surface area contributed by atoms with Crippen LogP contribution in [0.5, 0.6) is 5.75 Å². The van der Waals surface area contributed by atoms with E-state index in [9.17, 15) is 5.11 Å². The Bertz CT molecular complexity index is 3060. The molecule has 1 aromatic heterocycles. The van der Waals surface area contributed by atoms with Crippen molar-refractivity contribution in [3.05, 3.63) is 140 Å². The van der Waals surface area contributed by atoms with Crippen LogP contribution in [-0.2, 0) is 0 Å². The number of phenolic OH excluding ortho intramolecular Hbond substituents is 1. The summed E-state index contributed by atoms with van der Waals surface area (Å²) in [5.74, 6) is 0.388. The molecule has 0 unspecified atom stereocenters. The first-order valence-corrected chi connectivity index (χ1v) is 18.0. The fourth-order valence-corrected chi connectivity index (χ4v) is 8.90. The summed E-state index contributed by atoms with van der Waals surface area (Å²) in [5, 5.41) is 22.9. The van der Waals surface area contributed by atoms with Gasteiger partial charge in [-0.1, -0.05) is 149 Å². The predicted molar refractivity (Wildman–Crippen MR) is 234 cm³/mol. The SMILES string of the molecule is Bc1c(B)c(-c2c3ccccc3c(-c3cccc4oc5c(-c6cc7ccccc7c7ccccc67)cccc5c34)c3ccccc23)c(B)c(B)c1O. The Labute approximate surface area is 305 Å². The number of aromatic hydroxyl groups is 1. The first-order chi connectivity index (χ1) is 25.4. The van der Waals surface area contributed by atoms with E-state index in [4.69, 9.17) is 4.42 Å². The van der Waals surface area contributed by atoms with Crippen molar-refractivity contribution >= 4 is 118 Å². The summed E-state index contributed by atoms with van der Waals surface area (Å²) < 4.78 is 6.92. The van der Waals surface area contributed by atoms with Gasteiger partial charge in [0.2, 0.25) is 0 Å². The van der Waals surface area contributed by atoms with Crippen molar-refractivity contribution < 1.29 is 9.52 Å². The molecule has 1 heterocycles. The molecule has 0 atom stereocenters. The topological polar surface area (TPSA) is 33.4 Å². The van der Waals surface area contributed by atoms with E-state index in [1.165, 1.54) is 65.3 Å². The highest BCUT2D eigenvalue weighted by atomic mass is 16.3. The normalized spacial score (nSPS) is 11.8. The number of hydrogen-bond donors (Lipinski definition) is 1. The third kappa shape index (κ3) is 4.24. The number of furan rings is 1. The van der Waals surface area contributed by atoms with Gasteiger partial charge in [0.05, 0.1) is 0 Å².